The lowest BCUT2D eigenvalue weighted by Crippen LogP contribution is -2.35. The van der Waals surface area contributed by atoms with Crippen molar-refractivity contribution in [3.8, 4) is 11.1 Å². The minimum atomic E-state index is -0.898. The molecule has 4 aromatic rings. The molecule has 3 aliphatic rings. The molecule has 0 spiro atoms. The number of hydrogen-bond donors (Lipinski definition) is 2. The molecule has 3 heterocycles. The number of fused-ring (bicyclic) bond motifs is 1. The van der Waals surface area contributed by atoms with Gasteiger partial charge in [0.05, 0.1) is 18.4 Å². The Morgan fingerprint density at radius 2 is 1.89 bits per heavy atom. The molecule has 0 bridgehead atoms. The second-order valence-electron chi connectivity index (χ2n) is 12.6. The number of aliphatic hydroxyl groups is 1. The summed E-state index contributed by atoms with van der Waals surface area (Å²) >= 11 is 0. The first kappa shape index (κ1) is 31.4. The van der Waals surface area contributed by atoms with E-state index in [0.717, 1.165) is 48.9 Å². The van der Waals surface area contributed by atoms with Gasteiger partial charge in [0.2, 0.25) is 5.78 Å². The summed E-state index contributed by atoms with van der Waals surface area (Å²) in [6.07, 6.45) is 7.21. The molecular formula is C35H39FN6O5. The highest BCUT2D eigenvalue weighted by Crippen LogP contribution is 2.33. The zero-order valence-electron chi connectivity index (χ0n) is 26.8. The molecule has 0 radical (unpaired) electrons. The average Bonchev–Trinajstić information content (AvgIpc) is 3.43. The van der Waals surface area contributed by atoms with Crippen molar-refractivity contribution in [2.45, 2.75) is 83.0 Å². The van der Waals surface area contributed by atoms with Crippen molar-refractivity contribution in [3.05, 3.63) is 99.0 Å². The summed E-state index contributed by atoms with van der Waals surface area (Å²) < 4.78 is 30.7. The van der Waals surface area contributed by atoms with Crippen molar-refractivity contribution >= 4 is 11.6 Å². The highest BCUT2D eigenvalue weighted by Gasteiger charge is 2.34. The van der Waals surface area contributed by atoms with Crippen molar-refractivity contribution in [2.24, 2.45) is 4.99 Å². The van der Waals surface area contributed by atoms with Crippen LogP contribution in [0, 0.1) is 12.7 Å². The molecule has 11 nitrogen and oxygen atoms in total. The number of halogens is 1. The fourth-order valence-corrected chi connectivity index (χ4v) is 6.62. The quantitative estimate of drug-likeness (QED) is 0.228. The lowest BCUT2D eigenvalue weighted by molar-refractivity contribution is -0.125. The topological polar surface area (TPSA) is 124 Å². The first-order valence-electron chi connectivity index (χ1n) is 16.2. The summed E-state index contributed by atoms with van der Waals surface area (Å²) in [6.45, 7) is 4.13. The summed E-state index contributed by atoms with van der Waals surface area (Å²) in [7, 11) is 1.50. The van der Waals surface area contributed by atoms with Crippen molar-refractivity contribution < 1.29 is 23.8 Å². The monoisotopic (exact) mass is 642 g/mol. The summed E-state index contributed by atoms with van der Waals surface area (Å²) in [5.41, 5.74) is 5.66. The lowest BCUT2D eigenvalue weighted by Gasteiger charge is -2.31. The molecule has 1 atom stereocenters. The van der Waals surface area contributed by atoms with Gasteiger partial charge >= 0.3 is 0 Å². The van der Waals surface area contributed by atoms with Gasteiger partial charge in [0.1, 0.15) is 17.2 Å². The molecule has 2 aliphatic carbocycles. The molecule has 12 heteroatoms. The number of amidine groups is 1. The van der Waals surface area contributed by atoms with Gasteiger partial charge in [-0.2, -0.15) is 10.1 Å². The van der Waals surface area contributed by atoms with E-state index >= 15 is 4.39 Å². The Balaban J connectivity index is 1.21. The second kappa shape index (κ2) is 12.8. The predicted molar refractivity (Wildman–Crippen MR) is 174 cm³/mol. The summed E-state index contributed by atoms with van der Waals surface area (Å²) in [5, 5.41) is 14.8. The third-order valence-electron chi connectivity index (χ3n) is 9.20. The summed E-state index contributed by atoms with van der Waals surface area (Å²) in [6, 6.07) is 12.6. The maximum Gasteiger partial charge on any atom is 0.282 e. The van der Waals surface area contributed by atoms with Crippen LogP contribution in [-0.4, -0.2) is 61.9 Å². The number of methoxy groups -OCH3 is 1. The number of aryl methyl sites for hydroxylation is 2. The number of aromatic nitrogens is 4. The molecule has 246 valence electrons. The lowest BCUT2D eigenvalue weighted by atomic mass is 9.92. The van der Waals surface area contributed by atoms with E-state index in [2.05, 4.69) is 22.4 Å². The van der Waals surface area contributed by atoms with E-state index in [1.165, 1.54) is 13.2 Å². The van der Waals surface area contributed by atoms with Crippen LogP contribution < -0.4 is 11.0 Å². The molecule has 2 N–H and O–H groups in total. The molecule has 1 saturated carbocycles. The van der Waals surface area contributed by atoms with E-state index in [1.807, 2.05) is 37.3 Å². The molecule has 47 heavy (non-hydrogen) atoms. The van der Waals surface area contributed by atoms with Gasteiger partial charge in [-0.25, -0.2) is 24.2 Å². The van der Waals surface area contributed by atoms with Crippen LogP contribution in [0.15, 0.2) is 64.4 Å². The van der Waals surface area contributed by atoms with Gasteiger partial charge in [0.15, 0.2) is 5.84 Å². The maximum atomic E-state index is 16.0. The number of hydroxylamine groups is 1. The molecule has 1 unspecified atom stereocenters. The third kappa shape index (κ3) is 6.26. The number of aliphatic imine (C=N–C) groups is 1. The van der Waals surface area contributed by atoms with Crippen LogP contribution in [0.1, 0.15) is 73.3 Å². The minimum Gasteiger partial charge on any atom is -0.379 e. The van der Waals surface area contributed by atoms with Gasteiger partial charge in [-0.3, -0.25) is 9.36 Å². The summed E-state index contributed by atoms with van der Waals surface area (Å²) in [5.74, 6) is 1.19. The Morgan fingerprint density at radius 1 is 1.13 bits per heavy atom. The highest BCUT2D eigenvalue weighted by molar-refractivity contribution is 6.04. The normalized spacial score (nSPS) is 21.6. The van der Waals surface area contributed by atoms with Gasteiger partial charge in [0.25, 0.3) is 12.0 Å². The van der Waals surface area contributed by atoms with Crippen LogP contribution in [0.3, 0.4) is 0 Å². The van der Waals surface area contributed by atoms with Gasteiger partial charge in [-0.05, 0) is 73.9 Å². The van der Waals surface area contributed by atoms with Crippen molar-refractivity contribution in [2.75, 3.05) is 13.7 Å². The number of rotatable bonds is 11. The van der Waals surface area contributed by atoms with Gasteiger partial charge in [-0.15, -0.1) is 0 Å². The first-order valence-corrected chi connectivity index (χ1v) is 16.2. The average molecular weight is 643 g/mol. The van der Waals surface area contributed by atoms with Gasteiger partial charge in [0, 0.05) is 30.7 Å². The van der Waals surface area contributed by atoms with Crippen molar-refractivity contribution in [1.82, 2.24) is 24.6 Å². The standard InChI is InChI=1S/C35H39FN6O5/c1-4-7-30-28(18-23-11-10-22(19-29(23)36)26-8-5-6-9-27(26)31-38-34(45-3)47-40-31)32(43)41(33-37-21(2)39-42(30)33)24-12-14-25(15-13-24)46-20-35(44)16-17-35/h5-6,8-11,16-17,19,24-25,34,44H,4,7,12-15,18,20H2,1-3H3,(H,38,40). The van der Waals surface area contributed by atoms with Crippen molar-refractivity contribution in [1.29, 1.82) is 0 Å². The molecule has 0 amide bonds. The van der Waals surface area contributed by atoms with E-state index in [1.54, 1.807) is 27.3 Å². The maximum absolute atomic E-state index is 16.0. The van der Waals surface area contributed by atoms with Crippen LogP contribution in [0.25, 0.3) is 16.9 Å². The number of nitrogens with one attached hydrogen (secondary N) is 1. The molecule has 7 rings (SSSR count). The van der Waals surface area contributed by atoms with Gasteiger partial charge in [-0.1, -0.05) is 49.7 Å². The smallest absolute Gasteiger partial charge is 0.282 e. The molecule has 2 aromatic carbocycles. The first-order chi connectivity index (χ1) is 22.8. The highest BCUT2D eigenvalue weighted by atomic mass is 19.1. The largest absolute Gasteiger partial charge is 0.379 e. The van der Waals surface area contributed by atoms with Crippen LogP contribution in [0.4, 0.5) is 4.39 Å². The van der Waals surface area contributed by atoms with E-state index in [0.29, 0.717) is 40.5 Å². The van der Waals surface area contributed by atoms with E-state index in [4.69, 9.17) is 19.4 Å². The van der Waals surface area contributed by atoms with Crippen LogP contribution in [-0.2, 0) is 27.2 Å². The number of nitrogens with zero attached hydrogens (tertiary/aromatic N) is 5. The Bertz CT molecular complexity index is 1920. The SMILES string of the molecule is CCCc1c(Cc2ccc(-c3ccccc3C3=NC(OC)ON3)cc2F)c(=O)n(C2CCC(OCC3(O)C=C3)CC2)c2nc(C)nn12. The van der Waals surface area contributed by atoms with E-state index in [9.17, 15) is 9.90 Å². The number of benzene rings is 2. The van der Waals surface area contributed by atoms with Crippen LogP contribution in [0.5, 0.6) is 0 Å². The molecule has 0 saturated heterocycles. The Morgan fingerprint density at radius 3 is 2.57 bits per heavy atom. The Labute approximate surface area is 271 Å². The Hall–Kier alpha value is -4.23. The fraction of sp³-hybridized carbons (Fsp3) is 0.429. The third-order valence-corrected chi connectivity index (χ3v) is 9.20. The molecule has 1 fully saturated rings. The molecule has 1 aliphatic heterocycles. The molecule has 2 aromatic heterocycles. The van der Waals surface area contributed by atoms with Gasteiger partial charge < -0.3 is 14.6 Å². The zero-order chi connectivity index (χ0) is 32.7. The minimum absolute atomic E-state index is 0.0195. The molecular weight excluding hydrogens is 603 g/mol. The van der Waals surface area contributed by atoms with Crippen LogP contribution >= 0.6 is 0 Å². The van der Waals surface area contributed by atoms with Crippen molar-refractivity contribution in [3.63, 3.8) is 0 Å². The fourth-order valence-electron chi connectivity index (χ4n) is 6.62. The van der Waals surface area contributed by atoms with E-state index < -0.39 is 17.8 Å². The van der Waals surface area contributed by atoms with Crippen LogP contribution in [0.2, 0.25) is 0 Å². The number of hydrogen-bond acceptors (Lipinski definition) is 9. The number of ether oxygens (including phenoxy) is 2. The van der Waals surface area contributed by atoms with E-state index in [-0.39, 0.29) is 30.7 Å². The summed E-state index contributed by atoms with van der Waals surface area (Å²) in [4.78, 5) is 28.8. The zero-order valence-corrected chi connectivity index (χ0v) is 26.8. The predicted octanol–water partition coefficient (Wildman–Crippen LogP) is 4.56. The second-order valence-corrected chi connectivity index (χ2v) is 12.6. The Kier molecular flexibility index (Phi) is 8.52.